The molecule has 0 spiro atoms. The Balaban J connectivity index is 1.59. The van der Waals surface area contributed by atoms with Crippen molar-refractivity contribution in [2.75, 3.05) is 5.32 Å². The number of pyridine rings is 1. The van der Waals surface area contributed by atoms with Crippen LogP contribution in [0.2, 0.25) is 5.02 Å². The maximum atomic E-state index is 12.8. The number of nitrogens with zero attached hydrogens (tertiary/aromatic N) is 5. The van der Waals surface area contributed by atoms with Gasteiger partial charge >= 0.3 is 11.4 Å². The van der Waals surface area contributed by atoms with E-state index in [2.05, 4.69) is 15.3 Å². The lowest BCUT2D eigenvalue weighted by Crippen LogP contribution is -2.41. The van der Waals surface area contributed by atoms with Crippen LogP contribution in [0.4, 0.5) is 11.6 Å². The van der Waals surface area contributed by atoms with Crippen molar-refractivity contribution in [3.8, 4) is 17.6 Å². The average molecular weight is 461 g/mol. The topological polar surface area (TPSA) is 115 Å². The van der Waals surface area contributed by atoms with Crippen LogP contribution in [0.5, 0.6) is 11.5 Å². The van der Waals surface area contributed by atoms with Crippen LogP contribution in [0.25, 0.3) is 0 Å². The summed E-state index contributed by atoms with van der Waals surface area (Å²) in [5.74, 6) is 1.12. The van der Waals surface area contributed by atoms with Gasteiger partial charge in [0.25, 0.3) is 0 Å². The Labute approximate surface area is 193 Å². The van der Waals surface area contributed by atoms with Crippen molar-refractivity contribution in [1.29, 1.82) is 5.26 Å². The summed E-state index contributed by atoms with van der Waals surface area (Å²) in [6, 6.07) is 19.0. The van der Waals surface area contributed by atoms with E-state index in [4.69, 9.17) is 21.6 Å². The van der Waals surface area contributed by atoms with Gasteiger partial charge in [-0.15, -0.1) is 0 Å². The van der Waals surface area contributed by atoms with Gasteiger partial charge in [-0.3, -0.25) is 4.57 Å². The number of hydrogen-bond acceptors (Lipinski definition) is 7. The van der Waals surface area contributed by atoms with Crippen LogP contribution in [-0.4, -0.2) is 19.1 Å². The van der Waals surface area contributed by atoms with Crippen LogP contribution in [0.15, 0.2) is 76.4 Å². The van der Waals surface area contributed by atoms with E-state index in [0.29, 0.717) is 22.2 Å². The van der Waals surface area contributed by atoms with Crippen molar-refractivity contribution in [1.82, 2.24) is 19.1 Å². The van der Waals surface area contributed by atoms with Gasteiger partial charge in [0.15, 0.2) is 0 Å². The van der Waals surface area contributed by atoms with Crippen LogP contribution < -0.4 is 21.4 Å². The Bertz CT molecular complexity index is 1450. The number of hydrogen-bond donors (Lipinski definition) is 1. The summed E-state index contributed by atoms with van der Waals surface area (Å²) in [7, 11) is 1.38. The zero-order valence-corrected chi connectivity index (χ0v) is 18.2. The minimum absolute atomic E-state index is 0.111. The first-order valence-electron chi connectivity index (χ1n) is 9.76. The molecular weight excluding hydrogens is 444 g/mol. The van der Waals surface area contributed by atoms with E-state index in [0.717, 1.165) is 10.1 Å². The van der Waals surface area contributed by atoms with Crippen LogP contribution in [-0.2, 0) is 13.6 Å². The van der Waals surface area contributed by atoms with E-state index >= 15 is 0 Å². The fraction of sp³-hybridized carbons (Fsp3) is 0.0870. The normalized spacial score (nSPS) is 10.5. The Morgan fingerprint density at radius 2 is 1.79 bits per heavy atom. The fourth-order valence-corrected chi connectivity index (χ4v) is 3.12. The van der Waals surface area contributed by atoms with E-state index in [9.17, 15) is 9.59 Å². The van der Waals surface area contributed by atoms with Crippen molar-refractivity contribution in [2.24, 2.45) is 7.05 Å². The summed E-state index contributed by atoms with van der Waals surface area (Å²) in [6.07, 6.45) is 1.49. The highest BCUT2D eigenvalue weighted by molar-refractivity contribution is 6.30. The Morgan fingerprint density at radius 1 is 1.06 bits per heavy atom. The lowest BCUT2D eigenvalue weighted by Gasteiger charge is -2.14. The van der Waals surface area contributed by atoms with Gasteiger partial charge in [0, 0.05) is 30.0 Å². The summed E-state index contributed by atoms with van der Waals surface area (Å²) >= 11 is 5.94. The zero-order valence-electron chi connectivity index (χ0n) is 17.4. The van der Waals surface area contributed by atoms with Gasteiger partial charge in [-0.2, -0.15) is 10.2 Å². The van der Waals surface area contributed by atoms with E-state index in [1.165, 1.54) is 23.9 Å². The van der Waals surface area contributed by atoms with Crippen LogP contribution in [0, 0.1) is 11.3 Å². The molecule has 0 aliphatic rings. The summed E-state index contributed by atoms with van der Waals surface area (Å²) in [5.41, 5.74) is 0.503. The van der Waals surface area contributed by atoms with Gasteiger partial charge < -0.3 is 10.1 Å². The van der Waals surface area contributed by atoms with Gasteiger partial charge in [0.05, 0.1) is 6.54 Å². The molecule has 0 fully saturated rings. The second-order valence-corrected chi connectivity index (χ2v) is 7.45. The van der Waals surface area contributed by atoms with Gasteiger partial charge in [0.1, 0.15) is 23.3 Å². The molecule has 33 heavy (non-hydrogen) atoms. The molecule has 9 nitrogen and oxygen atoms in total. The predicted molar refractivity (Wildman–Crippen MR) is 123 cm³/mol. The number of aromatic nitrogens is 4. The molecule has 0 aliphatic carbocycles. The molecule has 0 bridgehead atoms. The van der Waals surface area contributed by atoms with E-state index in [-0.39, 0.29) is 18.2 Å². The summed E-state index contributed by atoms with van der Waals surface area (Å²) < 4.78 is 8.06. The average Bonchev–Trinajstić information content (AvgIpc) is 2.83. The number of anilines is 2. The maximum Gasteiger partial charge on any atom is 0.354 e. The van der Waals surface area contributed by atoms with Crippen molar-refractivity contribution >= 4 is 23.2 Å². The van der Waals surface area contributed by atoms with Crippen molar-refractivity contribution < 1.29 is 4.74 Å². The molecule has 0 saturated carbocycles. The number of nitrogens with one attached hydrogen (secondary N) is 1. The smallest absolute Gasteiger partial charge is 0.354 e. The lowest BCUT2D eigenvalue weighted by atomic mass is 10.2. The molecule has 0 amide bonds. The number of benzene rings is 2. The fourth-order valence-electron chi connectivity index (χ4n) is 3.00. The quantitative estimate of drug-likeness (QED) is 0.468. The van der Waals surface area contributed by atoms with Gasteiger partial charge in [-0.25, -0.2) is 19.1 Å². The maximum absolute atomic E-state index is 12.8. The van der Waals surface area contributed by atoms with E-state index in [1.807, 2.05) is 6.07 Å². The van der Waals surface area contributed by atoms with Crippen LogP contribution in [0.3, 0.4) is 0 Å². The molecule has 4 rings (SSSR count). The molecule has 164 valence electrons. The second kappa shape index (κ2) is 9.38. The predicted octanol–water partition coefficient (Wildman–Crippen LogP) is 3.45. The first-order valence-corrected chi connectivity index (χ1v) is 10.1. The Morgan fingerprint density at radius 3 is 2.48 bits per heavy atom. The molecule has 2 heterocycles. The molecule has 2 aromatic heterocycles. The largest absolute Gasteiger partial charge is 0.457 e. The molecule has 4 aromatic rings. The Kier molecular flexibility index (Phi) is 6.20. The number of nitriles is 1. The monoisotopic (exact) mass is 460 g/mol. The minimum atomic E-state index is -0.666. The third-order valence-corrected chi connectivity index (χ3v) is 4.96. The summed E-state index contributed by atoms with van der Waals surface area (Å²) in [4.78, 5) is 32.8. The minimum Gasteiger partial charge on any atom is -0.457 e. The highest BCUT2D eigenvalue weighted by atomic mass is 35.5. The highest BCUT2D eigenvalue weighted by Gasteiger charge is 2.12. The lowest BCUT2D eigenvalue weighted by molar-refractivity contribution is 0.482. The first-order chi connectivity index (χ1) is 15.9. The third-order valence-electron chi connectivity index (χ3n) is 4.71. The number of rotatable bonds is 6. The van der Waals surface area contributed by atoms with Crippen molar-refractivity contribution in [2.45, 2.75) is 6.54 Å². The van der Waals surface area contributed by atoms with Crippen molar-refractivity contribution in [3.05, 3.63) is 104 Å². The molecular formula is C23H17ClN6O3. The SMILES string of the molecule is Cn1c(=O)nc(Nc2ccc(Oc3ccnc(C#N)c3)cc2)n(Cc2ccc(Cl)cc2)c1=O. The molecule has 0 saturated heterocycles. The standard InChI is InChI=1S/C23H17ClN6O3/c1-29-22(31)28-21(30(23(29)32)14-15-2-4-16(24)5-3-15)27-17-6-8-19(9-7-17)33-20-10-11-26-18(12-20)13-25/h2-12H,14H2,1H3,(H,27,28,31). The van der Waals surface area contributed by atoms with Crippen molar-refractivity contribution in [3.63, 3.8) is 0 Å². The van der Waals surface area contributed by atoms with Gasteiger partial charge in [0.2, 0.25) is 5.95 Å². The van der Waals surface area contributed by atoms with E-state index < -0.39 is 11.4 Å². The summed E-state index contributed by atoms with van der Waals surface area (Å²) in [6.45, 7) is 0.198. The van der Waals surface area contributed by atoms with E-state index in [1.54, 1.807) is 54.6 Å². The second-order valence-electron chi connectivity index (χ2n) is 7.01. The molecule has 0 aliphatic heterocycles. The molecule has 0 atom stereocenters. The third kappa shape index (κ3) is 5.08. The van der Waals surface area contributed by atoms with Crippen LogP contribution >= 0.6 is 11.6 Å². The highest BCUT2D eigenvalue weighted by Crippen LogP contribution is 2.24. The van der Waals surface area contributed by atoms with Crippen LogP contribution in [0.1, 0.15) is 11.3 Å². The number of ether oxygens (including phenoxy) is 1. The number of halogens is 1. The zero-order chi connectivity index (χ0) is 23.4. The molecule has 0 unspecified atom stereocenters. The van der Waals surface area contributed by atoms with Gasteiger partial charge in [-0.1, -0.05) is 23.7 Å². The summed E-state index contributed by atoms with van der Waals surface area (Å²) in [5, 5.41) is 12.6. The molecule has 10 heteroatoms. The molecule has 2 aromatic carbocycles. The Hall–Kier alpha value is -4.42. The molecule has 1 N–H and O–H groups in total. The van der Waals surface area contributed by atoms with Gasteiger partial charge in [-0.05, 0) is 48.0 Å². The first kappa shape index (κ1) is 21.8. The molecule has 0 radical (unpaired) electrons.